The Morgan fingerprint density at radius 3 is 0.511 bits per heavy atom. The highest BCUT2D eigenvalue weighted by molar-refractivity contribution is 7.29. The molecule has 0 saturated heterocycles. The van der Waals surface area contributed by atoms with Crippen LogP contribution in [0.5, 0.6) is 0 Å². The summed E-state index contributed by atoms with van der Waals surface area (Å²) in [6.45, 7) is 41.4. The van der Waals surface area contributed by atoms with E-state index in [4.69, 9.17) is 0 Å². The van der Waals surface area contributed by atoms with Crippen molar-refractivity contribution in [3.05, 3.63) is 264 Å². The summed E-state index contributed by atoms with van der Waals surface area (Å²) in [6.07, 6.45) is 0. The molecule has 13 aromatic rings. The van der Waals surface area contributed by atoms with E-state index >= 15 is 0 Å². The highest BCUT2D eigenvalue weighted by Gasteiger charge is 2.32. The molecule has 0 nitrogen and oxygen atoms in total. The maximum atomic E-state index is 2.51. The summed E-state index contributed by atoms with van der Waals surface area (Å²) in [7, 11) is 0. The van der Waals surface area contributed by atoms with Crippen molar-refractivity contribution in [1.29, 1.82) is 0 Å². The van der Waals surface area contributed by atoms with Crippen LogP contribution in [0.15, 0.2) is 164 Å². The Bertz CT molecular complexity index is 4110. The SMILES string of the molecule is Cc1cc(C)c(B(c2ccc(-c3cc4c(s3)c3cc(-c5ccc(B(c6c(C)cc(C)cc6C)c6c(C)cc(C)cc6C)cc5)sc3c3cc(-c5ccc(B(c6c(C)cc(C)cc6C)c6c(C)cc(C)cc6C)cc5)sc43)cc2)c2c(C)cc(C)cc2C)c(C)c1. The van der Waals surface area contributed by atoms with Gasteiger partial charge in [-0.2, -0.15) is 0 Å². The van der Waals surface area contributed by atoms with Crippen LogP contribution < -0.4 is 49.2 Å². The van der Waals surface area contributed by atoms with Gasteiger partial charge in [0.25, 0.3) is 0 Å². The summed E-state index contributed by atoms with van der Waals surface area (Å²) in [5.74, 6) is 0. The largest absolute Gasteiger partial charge is 0.242 e. The zero-order chi connectivity index (χ0) is 63.5. The molecule has 0 fully saturated rings. The zero-order valence-corrected chi connectivity index (χ0v) is 58.5. The van der Waals surface area contributed by atoms with Gasteiger partial charge in [-0.25, -0.2) is 0 Å². The molecular formula is C84H81B3S3. The maximum Gasteiger partial charge on any atom is 0.242 e. The quantitative estimate of drug-likeness (QED) is 0.107. The van der Waals surface area contributed by atoms with E-state index in [1.165, 1.54) is 211 Å². The van der Waals surface area contributed by atoms with Gasteiger partial charge in [-0.1, -0.05) is 295 Å². The normalized spacial score (nSPS) is 11.7. The third-order valence-corrected chi connectivity index (χ3v) is 23.3. The first kappa shape index (κ1) is 61.1. The Morgan fingerprint density at radius 2 is 0.356 bits per heavy atom. The standard InChI is InChI=1S/C84H81B3S3/c1-46-31-52(7)76(53(8)32-46)85(77-54(9)33-47(2)34-55(77)10)67-25-19-64(20-26-67)73-43-70-82(88-73)71-44-74(65-21-27-68(28-22-65)86(78-56(11)35-48(3)36-57(78)12)79-58(13)37-49(4)38-59(79)14)90-84(71)72-45-75(89-83(70)72)66-23-29-69(30-24-66)87(80-60(15)39-50(5)40-61(80)16)81-62(17)41-51(6)42-63(81)18/h19-45H,1-18H3. The summed E-state index contributed by atoms with van der Waals surface area (Å²) in [6, 6.07) is 64.9. The van der Waals surface area contributed by atoms with Gasteiger partial charge in [0.05, 0.1) is 0 Å². The number of benzene rings is 10. The van der Waals surface area contributed by atoms with Crippen molar-refractivity contribution < 1.29 is 0 Å². The van der Waals surface area contributed by atoms with Crippen LogP contribution in [0.2, 0.25) is 0 Å². The Hall–Kier alpha value is -7.73. The highest BCUT2D eigenvalue weighted by Crippen LogP contribution is 2.50. The smallest absolute Gasteiger partial charge is 0.134 e. The predicted molar refractivity (Wildman–Crippen MR) is 407 cm³/mol. The molecule has 444 valence electrons. The van der Waals surface area contributed by atoms with E-state index in [0.717, 1.165) is 0 Å². The van der Waals surface area contributed by atoms with Crippen molar-refractivity contribution in [2.75, 3.05) is 0 Å². The molecule has 0 aliphatic rings. The minimum Gasteiger partial charge on any atom is -0.134 e. The van der Waals surface area contributed by atoms with Gasteiger partial charge in [0.2, 0.25) is 20.1 Å². The third-order valence-electron chi connectivity index (χ3n) is 19.7. The Kier molecular flexibility index (Phi) is 16.2. The first-order valence-electron chi connectivity index (χ1n) is 32.2. The van der Waals surface area contributed by atoms with E-state index in [-0.39, 0.29) is 20.1 Å². The Morgan fingerprint density at radius 1 is 0.200 bits per heavy atom. The number of thiophene rings is 3. The lowest BCUT2D eigenvalue weighted by Crippen LogP contribution is -2.55. The average Bonchev–Trinajstić information content (AvgIpc) is 1.53. The van der Waals surface area contributed by atoms with Crippen molar-refractivity contribution in [3.8, 4) is 31.3 Å². The van der Waals surface area contributed by atoms with E-state index in [9.17, 15) is 0 Å². The number of aryl methyl sites for hydroxylation is 18. The van der Waals surface area contributed by atoms with Crippen molar-refractivity contribution in [3.63, 3.8) is 0 Å². The molecule has 0 aliphatic carbocycles. The van der Waals surface area contributed by atoms with Crippen LogP contribution in [0.4, 0.5) is 0 Å². The van der Waals surface area contributed by atoms with E-state index in [1.54, 1.807) is 0 Å². The fourth-order valence-electron chi connectivity index (χ4n) is 16.5. The number of hydrogen-bond acceptors (Lipinski definition) is 3. The summed E-state index contributed by atoms with van der Waals surface area (Å²) in [5.41, 5.74) is 40.4. The van der Waals surface area contributed by atoms with Gasteiger partial charge in [0, 0.05) is 44.9 Å². The zero-order valence-electron chi connectivity index (χ0n) is 56.0. The van der Waals surface area contributed by atoms with Crippen LogP contribution in [0.1, 0.15) is 100 Å². The second kappa shape index (κ2) is 23.8. The number of rotatable bonds is 12. The van der Waals surface area contributed by atoms with Crippen LogP contribution in [0.3, 0.4) is 0 Å². The minimum absolute atomic E-state index is 0.119. The van der Waals surface area contributed by atoms with E-state index < -0.39 is 0 Å². The van der Waals surface area contributed by atoms with Crippen molar-refractivity contribution in [1.82, 2.24) is 0 Å². The number of fused-ring (bicyclic) bond motifs is 6. The van der Waals surface area contributed by atoms with Crippen LogP contribution >= 0.6 is 34.0 Å². The molecule has 0 bridgehead atoms. The first-order chi connectivity index (χ1) is 43.0. The van der Waals surface area contributed by atoms with Gasteiger partial charge in [-0.05, 0) is 160 Å². The number of hydrogen-bond donors (Lipinski definition) is 0. The molecule has 0 amide bonds. The highest BCUT2D eigenvalue weighted by atomic mass is 32.1. The van der Waals surface area contributed by atoms with Crippen molar-refractivity contribution in [2.24, 2.45) is 0 Å². The lowest BCUT2D eigenvalue weighted by molar-refractivity contribution is 1.34. The maximum absolute atomic E-state index is 2.51. The Balaban J connectivity index is 0.959. The molecule has 13 rings (SSSR count). The van der Waals surface area contributed by atoms with Gasteiger partial charge in [0.1, 0.15) is 0 Å². The summed E-state index contributed by atoms with van der Waals surface area (Å²) < 4.78 is 4.08. The van der Waals surface area contributed by atoms with Crippen LogP contribution in [-0.2, 0) is 0 Å². The molecule has 0 atom stereocenters. The van der Waals surface area contributed by atoms with Crippen molar-refractivity contribution >= 4 is 134 Å². The second-order valence-corrected chi connectivity index (χ2v) is 30.3. The van der Waals surface area contributed by atoms with E-state index in [1.807, 2.05) is 34.0 Å². The van der Waals surface area contributed by atoms with Crippen LogP contribution in [0, 0.1) is 125 Å². The Labute approximate surface area is 549 Å². The molecule has 0 unspecified atom stereocenters. The second-order valence-electron chi connectivity index (χ2n) is 27.1. The molecule has 0 saturated carbocycles. The molecule has 3 heterocycles. The fraction of sp³-hybridized carbons (Fsp3) is 0.214. The molecule has 10 aromatic carbocycles. The molecule has 0 spiro atoms. The van der Waals surface area contributed by atoms with Gasteiger partial charge in [-0.15, -0.1) is 34.0 Å². The first-order valence-corrected chi connectivity index (χ1v) is 34.6. The average molecular weight is 1220 g/mol. The molecule has 0 radical (unpaired) electrons. The van der Waals surface area contributed by atoms with Gasteiger partial charge >= 0.3 is 0 Å². The van der Waals surface area contributed by atoms with Crippen molar-refractivity contribution in [2.45, 2.75) is 125 Å². The monoisotopic (exact) mass is 1220 g/mol. The molecular weight excluding hydrogens is 1140 g/mol. The lowest BCUT2D eigenvalue weighted by Gasteiger charge is -2.24. The molecule has 0 N–H and O–H groups in total. The third kappa shape index (κ3) is 11.0. The molecule has 0 aliphatic heterocycles. The van der Waals surface area contributed by atoms with E-state index in [2.05, 4.69) is 288 Å². The minimum atomic E-state index is 0.119. The summed E-state index contributed by atoms with van der Waals surface area (Å²) >= 11 is 5.87. The van der Waals surface area contributed by atoms with Gasteiger partial charge in [0.15, 0.2) is 0 Å². The van der Waals surface area contributed by atoms with Gasteiger partial charge < -0.3 is 0 Å². The lowest BCUT2D eigenvalue weighted by atomic mass is 9.34. The molecule has 90 heavy (non-hydrogen) atoms. The fourth-order valence-corrected chi connectivity index (χ4v) is 20.3. The molecule has 6 heteroatoms. The molecule has 3 aromatic heterocycles. The van der Waals surface area contributed by atoms with Crippen LogP contribution in [0.25, 0.3) is 61.6 Å². The predicted octanol–water partition coefficient (Wildman–Crippen LogP) is 17.4. The topological polar surface area (TPSA) is 0 Å². The van der Waals surface area contributed by atoms with Crippen LogP contribution in [-0.4, -0.2) is 20.1 Å². The summed E-state index contributed by atoms with van der Waals surface area (Å²) in [4.78, 5) is 3.90. The van der Waals surface area contributed by atoms with Gasteiger partial charge in [-0.3, -0.25) is 0 Å². The van der Waals surface area contributed by atoms with E-state index in [0.29, 0.717) is 0 Å². The summed E-state index contributed by atoms with van der Waals surface area (Å²) in [5, 5.41) is 4.03.